The molecule has 5 nitrogen and oxygen atoms in total. The number of anilines is 1. The van der Waals surface area contributed by atoms with Crippen molar-refractivity contribution >= 4 is 11.7 Å². The van der Waals surface area contributed by atoms with Crippen LogP contribution in [-0.2, 0) is 11.0 Å². The molecule has 2 aromatic heterocycles. The lowest BCUT2D eigenvalue weighted by molar-refractivity contribution is -0.141. The number of alkyl halides is 3. The normalized spacial score (nSPS) is 13.0. The van der Waals surface area contributed by atoms with E-state index in [1.54, 1.807) is 18.2 Å². The molecule has 0 spiro atoms. The molecule has 1 atom stereocenters. The molecule has 20 heavy (non-hydrogen) atoms. The third-order valence-corrected chi connectivity index (χ3v) is 2.59. The van der Waals surface area contributed by atoms with Crippen LogP contribution in [0.4, 0.5) is 19.0 Å². The monoisotopic (exact) mass is 284 g/mol. The highest BCUT2D eigenvalue weighted by Crippen LogP contribution is 2.27. The molecule has 0 saturated heterocycles. The van der Waals surface area contributed by atoms with Gasteiger partial charge in [0, 0.05) is 12.4 Å². The molecule has 0 aromatic carbocycles. The fourth-order valence-electron chi connectivity index (χ4n) is 1.49. The van der Waals surface area contributed by atoms with Gasteiger partial charge >= 0.3 is 6.18 Å². The van der Waals surface area contributed by atoms with E-state index in [2.05, 4.69) is 15.4 Å². The Kier molecular flexibility index (Phi) is 3.73. The summed E-state index contributed by atoms with van der Waals surface area (Å²) in [5, 5.41) is 5.85. The Morgan fingerprint density at radius 3 is 2.65 bits per heavy atom. The van der Waals surface area contributed by atoms with Gasteiger partial charge in [0.15, 0.2) is 5.69 Å². The van der Waals surface area contributed by atoms with Crippen molar-refractivity contribution in [1.82, 2.24) is 14.8 Å². The largest absolute Gasteiger partial charge is 0.435 e. The zero-order chi connectivity index (χ0) is 14.8. The topological polar surface area (TPSA) is 59.8 Å². The first-order valence-corrected chi connectivity index (χ1v) is 5.72. The molecule has 106 valence electrons. The van der Waals surface area contributed by atoms with E-state index in [1.807, 2.05) is 0 Å². The summed E-state index contributed by atoms with van der Waals surface area (Å²) < 4.78 is 38.2. The highest BCUT2D eigenvalue weighted by Gasteiger charge is 2.34. The van der Waals surface area contributed by atoms with Crippen LogP contribution in [0.15, 0.2) is 36.7 Å². The van der Waals surface area contributed by atoms with Crippen LogP contribution in [0, 0.1) is 0 Å². The molecule has 0 aliphatic heterocycles. The predicted molar refractivity (Wildman–Crippen MR) is 64.8 cm³/mol. The maximum atomic E-state index is 12.4. The molecule has 0 aliphatic carbocycles. The molecule has 1 N–H and O–H groups in total. The summed E-state index contributed by atoms with van der Waals surface area (Å²) >= 11 is 0. The Labute approximate surface area is 112 Å². The quantitative estimate of drug-likeness (QED) is 0.942. The first kappa shape index (κ1) is 14.0. The van der Waals surface area contributed by atoms with Gasteiger partial charge in [-0.25, -0.2) is 4.98 Å². The molecule has 2 aromatic rings. The number of amides is 1. The van der Waals surface area contributed by atoms with Crippen molar-refractivity contribution in [2.45, 2.75) is 19.1 Å². The van der Waals surface area contributed by atoms with Gasteiger partial charge in [-0.1, -0.05) is 6.07 Å². The number of carbonyl (C=O) groups is 1. The van der Waals surface area contributed by atoms with Gasteiger partial charge in [-0.2, -0.15) is 18.3 Å². The fraction of sp³-hybridized carbons (Fsp3) is 0.250. The third kappa shape index (κ3) is 3.14. The van der Waals surface area contributed by atoms with Gasteiger partial charge in [-0.15, -0.1) is 0 Å². The van der Waals surface area contributed by atoms with Gasteiger partial charge in [0.2, 0.25) is 5.91 Å². The molecule has 0 bridgehead atoms. The van der Waals surface area contributed by atoms with Crippen molar-refractivity contribution < 1.29 is 18.0 Å². The van der Waals surface area contributed by atoms with E-state index in [9.17, 15) is 18.0 Å². The summed E-state index contributed by atoms with van der Waals surface area (Å²) in [5.41, 5.74) is -1.03. The van der Waals surface area contributed by atoms with Gasteiger partial charge in [-0.05, 0) is 25.1 Å². The predicted octanol–water partition coefficient (Wildman–Crippen LogP) is 2.50. The van der Waals surface area contributed by atoms with Crippen molar-refractivity contribution in [1.29, 1.82) is 0 Å². The van der Waals surface area contributed by atoms with Crippen LogP contribution in [0.5, 0.6) is 0 Å². The van der Waals surface area contributed by atoms with E-state index in [0.717, 1.165) is 16.9 Å². The number of hydrogen-bond donors (Lipinski definition) is 1. The van der Waals surface area contributed by atoms with E-state index in [4.69, 9.17) is 0 Å². The Balaban J connectivity index is 2.09. The van der Waals surface area contributed by atoms with Crippen LogP contribution in [0.2, 0.25) is 0 Å². The Morgan fingerprint density at radius 2 is 2.10 bits per heavy atom. The van der Waals surface area contributed by atoms with Gasteiger partial charge in [0.05, 0.1) is 0 Å². The van der Waals surface area contributed by atoms with Gasteiger partial charge < -0.3 is 5.32 Å². The lowest BCUT2D eigenvalue weighted by atomic mass is 10.3. The summed E-state index contributed by atoms with van der Waals surface area (Å²) in [5.74, 6) is -0.173. The smallest absolute Gasteiger partial charge is 0.309 e. The standard InChI is InChI=1S/C12H11F3N4O/c1-8(11(20)17-10-4-2-3-6-16-10)19-7-5-9(18-19)12(13,14)15/h2-8H,1H3,(H,16,17,20)/t8-/m0/s1. The molecular weight excluding hydrogens is 273 g/mol. The summed E-state index contributed by atoms with van der Waals surface area (Å²) in [7, 11) is 0. The first-order chi connectivity index (χ1) is 9.38. The summed E-state index contributed by atoms with van der Waals surface area (Å²) in [4.78, 5) is 15.8. The average Bonchev–Trinajstić information content (AvgIpc) is 2.88. The van der Waals surface area contributed by atoms with Crippen LogP contribution < -0.4 is 5.32 Å². The van der Waals surface area contributed by atoms with Crippen molar-refractivity contribution in [3.63, 3.8) is 0 Å². The Hall–Kier alpha value is -2.38. The lowest BCUT2D eigenvalue weighted by Gasteiger charge is -2.12. The second-order valence-electron chi connectivity index (χ2n) is 4.06. The number of aromatic nitrogens is 3. The van der Waals surface area contributed by atoms with Gasteiger partial charge in [-0.3, -0.25) is 9.48 Å². The zero-order valence-corrected chi connectivity index (χ0v) is 10.4. The zero-order valence-electron chi connectivity index (χ0n) is 10.4. The highest BCUT2D eigenvalue weighted by atomic mass is 19.4. The maximum Gasteiger partial charge on any atom is 0.435 e. The molecule has 2 heterocycles. The molecule has 2 rings (SSSR count). The number of nitrogens with zero attached hydrogens (tertiary/aromatic N) is 3. The minimum absolute atomic E-state index is 0.326. The van der Waals surface area contributed by atoms with Crippen LogP contribution in [0.3, 0.4) is 0 Å². The van der Waals surface area contributed by atoms with Crippen LogP contribution in [0.1, 0.15) is 18.7 Å². The minimum atomic E-state index is -4.53. The SMILES string of the molecule is C[C@@H](C(=O)Nc1ccccn1)n1ccc(C(F)(F)F)n1. The molecule has 1 amide bonds. The number of carbonyl (C=O) groups excluding carboxylic acids is 1. The number of pyridine rings is 1. The van der Waals surface area contributed by atoms with Crippen molar-refractivity contribution in [2.24, 2.45) is 0 Å². The molecule has 0 radical (unpaired) electrons. The molecule has 0 fully saturated rings. The number of halogens is 3. The molecule has 0 unspecified atom stereocenters. The number of rotatable bonds is 3. The van der Waals surface area contributed by atoms with E-state index in [-0.39, 0.29) is 0 Å². The third-order valence-electron chi connectivity index (χ3n) is 2.59. The Bertz CT molecular complexity index is 594. The molecular formula is C12H11F3N4O. The van der Waals surface area contributed by atoms with Crippen molar-refractivity contribution in [3.8, 4) is 0 Å². The summed E-state index contributed by atoms with van der Waals surface area (Å²) in [6, 6.07) is 4.89. The van der Waals surface area contributed by atoms with E-state index in [0.29, 0.717) is 5.82 Å². The second kappa shape index (κ2) is 5.32. The second-order valence-corrected chi connectivity index (χ2v) is 4.06. The van der Waals surface area contributed by atoms with Crippen molar-refractivity contribution in [2.75, 3.05) is 5.32 Å². The van der Waals surface area contributed by atoms with Crippen LogP contribution >= 0.6 is 0 Å². The van der Waals surface area contributed by atoms with E-state index < -0.39 is 23.8 Å². The number of hydrogen-bond acceptors (Lipinski definition) is 3. The van der Waals surface area contributed by atoms with Crippen LogP contribution in [0.25, 0.3) is 0 Å². The number of nitrogens with one attached hydrogen (secondary N) is 1. The molecule has 0 aliphatic rings. The van der Waals surface area contributed by atoms with Crippen molar-refractivity contribution in [3.05, 3.63) is 42.4 Å². The Morgan fingerprint density at radius 1 is 1.35 bits per heavy atom. The van der Waals surface area contributed by atoms with Gasteiger partial charge in [0.25, 0.3) is 0 Å². The average molecular weight is 284 g/mol. The molecule has 0 saturated carbocycles. The van der Waals surface area contributed by atoms with E-state index >= 15 is 0 Å². The first-order valence-electron chi connectivity index (χ1n) is 5.72. The summed E-state index contributed by atoms with van der Waals surface area (Å²) in [6.45, 7) is 1.45. The van der Waals surface area contributed by atoms with Gasteiger partial charge in [0.1, 0.15) is 11.9 Å². The van der Waals surface area contributed by atoms with E-state index in [1.165, 1.54) is 13.1 Å². The lowest BCUT2D eigenvalue weighted by Crippen LogP contribution is -2.24. The highest BCUT2D eigenvalue weighted by molar-refractivity contribution is 5.92. The van der Waals surface area contributed by atoms with Crippen LogP contribution in [-0.4, -0.2) is 20.7 Å². The maximum absolute atomic E-state index is 12.4. The minimum Gasteiger partial charge on any atom is -0.309 e. The summed E-state index contributed by atoms with van der Waals surface area (Å²) in [6.07, 6.45) is -1.91. The fourth-order valence-corrected chi connectivity index (χ4v) is 1.49. The molecule has 8 heteroatoms.